The van der Waals surface area contributed by atoms with E-state index >= 15 is 0 Å². The molecule has 9 heteroatoms. The second kappa shape index (κ2) is 11.1. The monoisotopic (exact) mass is 520 g/mol. The van der Waals surface area contributed by atoms with E-state index in [1.165, 1.54) is 11.3 Å². The molecule has 0 radical (unpaired) electrons. The van der Waals surface area contributed by atoms with Crippen LogP contribution in [0.1, 0.15) is 87.2 Å². The second-order valence-electron chi connectivity index (χ2n) is 11.6. The Morgan fingerprint density at radius 3 is 2.31 bits per heavy atom. The van der Waals surface area contributed by atoms with Crippen LogP contribution in [0.4, 0.5) is 10.5 Å². The zero-order valence-electron chi connectivity index (χ0n) is 22.0. The molecule has 0 spiro atoms. The van der Waals surface area contributed by atoms with Gasteiger partial charge in [0.2, 0.25) is 5.91 Å². The number of hydrogen-bond acceptors (Lipinski definition) is 6. The summed E-state index contributed by atoms with van der Waals surface area (Å²) < 4.78 is 10.9. The third-order valence-electron chi connectivity index (χ3n) is 7.75. The predicted molar refractivity (Wildman–Crippen MR) is 139 cm³/mol. The van der Waals surface area contributed by atoms with Crippen molar-refractivity contribution in [3.63, 3.8) is 0 Å². The first-order valence-electron chi connectivity index (χ1n) is 13.3. The minimum Gasteiger partial charge on any atom is -0.477 e. The average molecular weight is 521 g/mol. The van der Waals surface area contributed by atoms with E-state index < -0.39 is 5.97 Å². The van der Waals surface area contributed by atoms with Crippen molar-refractivity contribution < 1.29 is 29.0 Å². The number of carbonyl (C=O) groups excluding carboxylic acids is 2. The summed E-state index contributed by atoms with van der Waals surface area (Å²) in [5.74, 6) is -0.441. The van der Waals surface area contributed by atoms with Crippen LogP contribution in [0, 0.1) is 11.8 Å². The van der Waals surface area contributed by atoms with Crippen molar-refractivity contribution >= 4 is 35.0 Å². The number of likely N-dealkylation sites (tertiary alicyclic amines) is 1. The van der Waals surface area contributed by atoms with Crippen molar-refractivity contribution in [2.45, 2.75) is 90.2 Å². The Labute approximate surface area is 217 Å². The van der Waals surface area contributed by atoms with Gasteiger partial charge < -0.3 is 24.4 Å². The molecule has 200 valence electrons. The van der Waals surface area contributed by atoms with E-state index in [1.807, 2.05) is 6.07 Å². The van der Waals surface area contributed by atoms with Gasteiger partial charge in [0, 0.05) is 36.3 Å². The van der Waals surface area contributed by atoms with Crippen LogP contribution in [0.15, 0.2) is 6.07 Å². The Morgan fingerprint density at radius 2 is 1.75 bits per heavy atom. The Balaban J connectivity index is 1.57. The standard InChI is InChI=1S/C27H40N2O6S/c1-17-5-7-18(8-6-17)24(30)29(21-15-22(27(2,3)4)36-23(21)25(31)32)19-9-12-28(13-10-19)26(33)35-20-11-14-34-16-20/h15,17-20H,5-14,16H2,1-4H3,(H,31,32)/t17-,18-,20-/m1/s1. The molecule has 1 atom stereocenters. The molecule has 1 aliphatic carbocycles. The molecule has 3 aliphatic rings. The zero-order chi connectivity index (χ0) is 26.0. The first-order valence-corrected chi connectivity index (χ1v) is 14.1. The predicted octanol–water partition coefficient (Wildman–Crippen LogP) is 5.29. The third-order valence-corrected chi connectivity index (χ3v) is 9.29. The maximum Gasteiger partial charge on any atom is 0.410 e. The van der Waals surface area contributed by atoms with Gasteiger partial charge >= 0.3 is 12.1 Å². The van der Waals surface area contributed by atoms with Crippen molar-refractivity contribution in [1.29, 1.82) is 0 Å². The second-order valence-corrected chi connectivity index (χ2v) is 12.7. The lowest BCUT2D eigenvalue weighted by atomic mass is 9.82. The molecule has 36 heavy (non-hydrogen) atoms. The molecule has 2 saturated heterocycles. The summed E-state index contributed by atoms with van der Waals surface area (Å²) in [6.45, 7) is 10.4. The molecule has 4 rings (SSSR count). The Kier molecular flexibility index (Phi) is 8.29. The molecule has 1 aromatic heterocycles. The Morgan fingerprint density at radius 1 is 1.08 bits per heavy atom. The van der Waals surface area contributed by atoms with Crippen LogP contribution in [0.25, 0.3) is 0 Å². The number of carboxylic acids is 1. The van der Waals surface area contributed by atoms with Crippen molar-refractivity contribution in [2.24, 2.45) is 11.8 Å². The van der Waals surface area contributed by atoms with Gasteiger partial charge in [0.25, 0.3) is 0 Å². The van der Waals surface area contributed by atoms with Gasteiger partial charge in [-0.2, -0.15) is 0 Å². The zero-order valence-corrected chi connectivity index (χ0v) is 22.8. The van der Waals surface area contributed by atoms with Gasteiger partial charge in [-0.25, -0.2) is 9.59 Å². The van der Waals surface area contributed by atoms with Crippen LogP contribution in [-0.4, -0.2) is 66.4 Å². The van der Waals surface area contributed by atoms with E-state index in [0.717, 1.165) is 37.0 Å². The highest BCUT2D eigenvalue weighted by Gasteiger charge is 2.39. The maximum absolute atomic E-state index is 14.0. The number of carboxylic acid groups (broad SMARTS) is 1. The van der Waals surface area contributed by atoms with Crippen LogP contribution < -0.4 is 4.90 Å². The minimum absolute atomic E-state index is 0.0341. The van der Waals surface area contributed by atoms with Crippen LogP contribution in [0.3, 0.4) is 0 Å². The van der Waals surface area contributed by atoms with E-state index in [4.69, 9.17) is 9.47 Å². The van der Waals surface area contributed by atoms with Crippen molar-refractivity contribution in [1.82, 2.24) is 4.90 Å². The smallest absolute Gasteiger partial charge is 0.410 e. The highest BCUT2D eigenvalue weighted by atomic mass is 32.1. The fraction of sp³-hybridized carbons (Fsp3) is 0.741. The fourth-order valence-electron chi connectivity index (χ4n) is 5.41. The Bertz CT molecular complexity index is 948. The minimum atomic E-state index is -1.000. The number of hydrogen-bond donors (Lipinski definition) is 1. The van der Waals surface area contributed by atoms with Gasteiger partial charge in [-0.15, -0.1) is 11.3 Å². The molecule has 1 aromatic rings. The molecule has 2 aliphatic heterocycles. The largest absolute Gasteiger partial charge is 0.477 e. The molecular formula is C27H40N2O6S. The lowest BCUT2D eigenvalue weighted by molar-refractivity contribution is -0.124. The van der Waals surface area contributed by atoms with Gasteiger partial charge in [-0.05, 0) is 55.9 Å². The molecule has 0 unspecified atom stereocenters. The van der Waals surface area contributed by atoms with Gasteiger partial charge in [0.05, 0.1) is 18.9 Å². The summed E-state index contributed by atoms with van der Waals surface area (Å²) in [5, 5.41) is 10.1. The topological polar surface area (TPSA) is 96.4 Å². The molecule has 3 heterocycles. The lowest BCUT2D eigenvalue weighted by Gasteiger charge is -2.40. The van der Waals surface area contributed by atoms with E-state index in [-0.39, 0.29) is 40.4 Å². The molecule has 8 nitrogen and oxygen atoms in total. The third kappa shape index (κ3) is 6.05. The molecule has 3 fully saturated rings. The number of nitrogens with zero attached hydrogens (tertiary/aromatic N) is 2. The van der Waals surface area contributed by atoms with E-state index in [9.17, 15) is 19.5 Å². The summed E-state index contributed by atoms with van der Waals surface area (Å²) in [6, 6.07) is 1.76. The molecule has 0 aromatic carbocycles. The number of ether oxygens (including phenoxy) is 2. The summed E-state index contributed by atoms with van der Waals surface area (Å²) in [6.07, 6.45) is 5.08. The van der Waals surface area contributed by atoms with Gasteiger partial charge in [0.1, 0.15) is 11.0 Å². The van der Waals surface area contributed by atoms with Gasteiger partial charge in [-0.3, -0.25) is 4.79 Å². The number of piperidine rings is 1. The van der Waals surface area contributed by atoms with Crippen LogP contribution in [-0.2, 0) is 19.7 Å². The van der Waals surface area contributed by atoms with E-state index in [1.54, 1.807) is 9.80 Å². The normalized spacial score (nSPS) is 25.6. The molecular weight excluding hydrogens is 480 g/mol. The highest BCUT2D eigenvalue weighted by Crippen LogP contribution is 2.41. The van der Waals surface area contributed by atoms with Crippen molar-refractivity contribution in [3.05, 3.63) is 15.8 Å². The quantitative estimate of drug-likeness (QED) is 0.567. The summed E-state index contributed by atoms with van der Waals surface area (Å²) in [5.41, 5.74) is 0.296. The lowest BCUT2D eigenvalue weighted by Crippen LogP contribution is -2.51. The van der Waals surface area contributed by atoms with E-state index in [0.29, 0.717) is 50.8 Å². The summed E-state index contributed by atoms with van der Waals surface area (Å²) in [7, 11) is 0. The molecule has 0 bridgehead atoms. The number of anilines is 1. The number of amides is 2. The maximum atomic E-state index is 14.0. The van der Waals surface area contributed by atoms with Crippen molar-refractivity contribution in [3.8, 4) is 0 Å². The van der Waals surface area contributed by atoms with Gasteiger partial charge in [0.15, 0.2) is 0 Å². The summed E-state index contributed by atoms with van der Waals surface area (Å²) in [4.78, 5) is 43.6. The molecule has 2 amide bonds. The first kappa shape index (κ1) is 26.9. The fourth-order valence-corrected chi connectivity index (χ4v) is 6.46. The molecule has 1 N–H and O–H groups in total. The summed E-state index contributed by atoms with van der Waals surface area (Å²) >= 11 is 1.26. The SMILES string of the molecule is CC(C)(C)c1cc(N(C(=O)[C@H]2CC[C@H](C)CC2)C2CCN(C(=O)O[C@@H]3CCOC3)CC2)c(C(=O)O)s1. The van der Waals surface area contributed by atoms with Crippen LogP contribution in [0.2, 0.25) is 0 Å². The Hall–Kier alpha value is -2.13. The number of rotatable bonds is 5. The first-order chi connectivity index (χ1) is 17.0. The molecule has 1 saturated carbocycles. The number of thiophene rings is 1. The van der Waals surface area contributed by atoms with Crippen molar-refractivity contribution in [2.75, 3.05) is 31.2 Å². The van der Waals surface area contributed by atoms with Gasteiger partial charge in [-0.1, -0.05) is 27.7 Å². The van der Waals surface area contributed by atoms with Crippen LogP contribution >= 0.6 is 11.3 Å². The number of carbonyl (C=O) groups is 3. The highest BCUT2D eigenvalue weighted by molar-refractivity contribution is 7.14. The number of aromatic carboxylic acids is 1. The van der Waals surface area contributed by atoms with E-state index in [2.05, 4.69) is 27.7 Å². The van der Waals surface area contributed by atoms with Crippen LogP contribution in [0.5, 0.6) is 0 Å². The average Bonchev–Trinajstić information content (AvgIpc) is 3.50.